The van der Waals surface area contributed by atoms with Gasteiger partial charge in [-0.15, -0.1) is 0 Å². The molecule has 4 rings (SSSR count). The van der Waals surface area contributed by atoms with Crippen molar-refractivity contribution in [1.82, 2.24) is 9.88 Å². The van der Waals surface area contributed by atoms with Gasteiger partial charge in [0.2, 0.25) is 5.43 Å². The number of alkyl carbamates (subject to hydrolysis) is 1. The van der Waals surface area contributed by atoms with Crippen LogP contribution in [0.15, 0.2) is 28.5 Å². The highest BCUT2D eigenvalue weighted by Crippen LogP contribution is 2.60. The van der Waals surface area contributed by atoms with E-state index in [9.17, 15) is 33.0 Å². The Bertz CT molecular complexity index is 1590. The molecule has 14 nitrogen and oxygen atoms in total. The average Bonchev–Trinajstić information content (AvgIpc) is 3.71. The minimum atomic E-state index is -5.59. The zero-order valence-corrected chi connectivity index (χ0v) is 22.7. The molecule has 2 aliphatic rings. The Balaban J connectivity index is 1.59. The van der Waals surface area contributed by atoms with Crippen molar-refractivity contribution in [3.8, 4) is 0 Å². The van der Waals surface area contributed by atoms with Gasteiger partial charge in [0.1, 0.15) is 11.4 Å². The van der Waals surface area contributed by atoms with Gasteiger partial charge in [0.25, 0.3) is 0 Å². The van der Waals surface area contributed by atoms with Crippen molar-refractivity contribution in [1.29, 1.82) is 0 Å². The largest absolute Gasteiger partial charge is 0.477 e. The maximum Gasteiger partial charge on any atom is 0.409 e. The van der Waals surface area contributed by atoms with E-state index < -0.39 is 73.2 Å². The molecule has 0 spiro atoms. The zero-order chi connectivity index (χ0) is 30.4. The highest BCUT2D eigenvalue weighted by atomic mass is 31.2. The Kier molecular flexibility index (Phi) is 8.42. The molecule has 2 fully saturated rings. The molecule has 1 saturated heterocycles. The van der Waals surface area contributed by atoms with Crippen LogP contribution in [0.5, 0.6) is 0 Å². The number of benzene rings is 1. The number of nitrogens with one attached hydrogen (secondary N) is 1. The summed E-state index contributed by atoms with van der Waals surface area (Å²) in [6.45, 7) is -1.06. The maximum atomic E-state index is 15.3. The standard InChI is InChI=1S/C22H24F3N3O11P2/c23-13(7-26-21(32)39-22(40(33,34)35)41(36,37)38)10-2-1-5-27(8-10)15-6-14-16(18(25)17(15)24)19(29)12(20(30)31)9-28(14)11-3-4-11/h6,9,11,22H,1-5,7-8H2,(H,26,32)(H,30,31)(H2,33,34,35)(H2,36,37,38)/b13-10+. The van der Waals surface area contributed by atoms with Crippen molar-refractivity contribution in [2.75, 3.05) is 24.5 Å². The van der Waals surface area contributed by atoms with Gasteiger partial charge >= 0.3 is 32.8 Å². The van der Waals surface area contributed by atoms with Gasteiger partial charge in [-0.05, 0) is 37.3 Å². The van der Waals surface area contributed by atoms with Crippen LogP contribution in [-0.2, 0) is 13.9 Å². The minimum Gasteiger partial charge on any atom is -0.477 e. The van der Waals surface area contributed by atoms with Gasteiger partial charge in [0, 0.05) is 25.3 Å². The van der Waals surface area contributed by atoms with Gasteiger partial charge in [-0.25, -0.2) is 22.8 Å². The van der Waals surface area contributed by atoms with E-state index >= 15 is 8.78 Å². The van der Waals surface area contributed by atoms with E-state index in [1.54, 1.807) is 5.32 Å². The number of aromatic carboxylic acids is 1. The Morgan fingerprint density at radius 2 is 1.76 bits per heavy atom. The maximum absolute atomic E-state index is 15.3. The van der Waals surface area contributed by atoms with E-state index in [0.29, 0.717) is 12.8 Å². The second kappa shape index (κ2) is 11.2. The summed E-state index contributed by atoms with van der Waals surface area (Å²) in [5.41, 5.74) is -5.30. The molecule has 1 aromatic carbocycles. The minimum absolute atomic E-state index is 0.0259. The summed E-state index contributed by atoms with van der Waals surface area (Å²) in [7, 11) is -11.2. The molecule has 1 saturated carbocycles. The summed E-state index contributed by atoms with van der Waals surface area (Å²) in [6, 6.07) is 0.976. The summed E-state index contributed by atoms with van der Waals surface area (Å²) < 4.78 is 73.4. The fourth-order valence-corrected chi connectivity index (χ4v) is 6.54. The number of hydrogen-bond acceptors (Lipinski definition) is 7. The topological polar surface area (TPSA) is 216 Å². The summed E-state index contributed by atoms with van der Waals surface area (Å²) >= 11 is 0. The van der Waals surface area contributed by atoms with Gasteiger partial charge in [0.05, 0.1) is 23.1 Å². The molecule has 0 radical (unpaired) electrons. The number of fused-ring (bicyclic) bond motifs is 1. The first-order chi connectivity index (χ1) is 19.0. The Labute approximate surface area is 228 Å². The van der Waals surface area contributed by atoms with Gasteiger partial charge in [-0.2, -0.15) is 0 Å². The Morgan fingerprint density at radius 1 is 1.12 bits per heavy atom. The van der Waals surface area contributed by atoms with Crippen molar-refractivity contribution in [3.05, 3.63) is 51.1 Å². The number of carboxylic acid groups (broad SMARTS) is 1. The van der Waals surface area contributed by atoms with Gasteiger partial charge in [-0.1, -0.05) is 0 Å². The lowest BCUT2D eigenvalue weighted by molar-refractivity contribution is 0.0694. The number of anilines is 1. The molecule has 1 aliphatic carbocycles. The molecule has 1 aromatic heterocycles. The fourth-order valence-electron chi connectivity index (χ4n) is 4.50. The van der Waals surface area contributed by atoms with E-state index in [4.69, 9.17) is 19.6 Å². The molecule has 1 aliphatic heterocycles. The average molecular weight is 625 g/mol. The second-order valence-electron chi connectivity index (χ2n) is 9.53. The monoisotopic (exact) mass is 625 g/mol. The number of rotatable bonds is 8. The predicted molar refractivity (Wildman–Crippen MR) is 135 cm³/mol. The van der Waals surface area contributed by atoms with Crippen LogP contribution in [-0.4, -0.2) is 66.5 Å². The number of aromatic nitrogens is 1. The number of carbonyl (C=O) groups is 2. The second-order valence-corrected chi connectivity index (χ2v) is 13.2. The Morgan fingerprint density at radius 3 is 2.32 bits per heavy atom. The van der Waals surface area contributed by atoms with Crippen LogP contribution < -0.4 is 15.6 Å². The number of hydrogen-bond donors (Lipinski definition) is 6. The SMILES string of the molecule is O=C(NC/C(F)=C1/CCCN(c2cc3c(c(F)c2F)c(=O)c(C(=O)O)cn3C2CC2)C1)OC(P(=O)(O)O)P(=O)(O)O. The molecule has 224 valence electrons. The fraction of sp³-hybridized carbons (Fsp3) is 0.409. The number of ether oxygens (including phenoxy) is 1. The van der Waals surface area contributed by atoms with Crippen LogP contribution in [0.2, 0.25) is 0 Å². The predicted octanol–water partition coefficient (Wildman–Crippen LogP) is 2.50. The summed E-state index contributed by atoms with van der Waals surface area (Å²) in [6.07, 6.45) is 0.988. The lowest BCUT2D eigenvalue weighted by atomic mass is 10.0. The van der Waals surface area contributed by atoms with E-state index in [2.05, 4.69) is 4.74 Å². The molecule has 0 bridgehead atoms. The number of nitrogens with zero attached hydrogens (tertiary/aromatic N) is 2. The highest BCUT2D eigenvalue weighted by Gasteiger charge is 2.47. The molecular weight excluding hydrogens is 601 g/mol. The third-order valence-corrected chi connectivity index (χ3v) is 9.71. The first kappa shape index (κ1) is 30.8. The number of piperidine rings is 1. The Hall–Kier alpha value is -3.20. The van der Waals surface area contributed by atoms with Crippen LogP contribution in [0.25, 0.3) is 10.9 Å². The molecule has 1 amide bonds. The number of pyridine rings is 1. The van der Waals surface area contributed by atoms with Crippen LogP contribution in [0.3, 0.4) is 0 Å². The molecule has 0 atom stereocenters. The van der Waals surface area contributed by atoms with E-state index in [0.717, 1.165) is 6.20 Å². The third kappa shape index (κ3) is 6.50. The lowest BCUT2D eigenvalue weighted by Crippen LogP contribution is -2.34. The van der Waals surface area contributed by atoms with Crippen LogP contribution in [0.4, 0.5) is 23.7 Å². The van der Waals surface area contributed by atoms with E-state index in [-0.39, 0.29) is 48.8 Å². The molecule has 0 unspecified atom stereocenters. The molecule has 19 heteroatoms. The number of carbonyl (C=O) groups excluding carboxylic acids is 1. The van der Waals surface area contributed by atoms with Gasteiger partial charge in [0.15, 0.2) is 11.6 Å². The van der Waals surface area contributed by atoms with Crippen LogP contribution in [0, 0.1) is 11.6 Å². The molecule has 41 heavy (non-hydrogen) atoms. The molecule has 2 aromatic rings. The van der Waals surface area contributed by atoms with Crippen molar-refractivity contribution in [2.24, 2.45) is 0 Å². The zero-order valence-electron chi connectivity index (χ0n) is 20.9. The number of carboxylic acids is 1. The van der Waals surface area contributed by atoms with Crippen molar-refractivity contribution >= 4 is 43.8 Å². The smallest absolute Gasteiger partial charge is 0.409 e. The van der Waals surface area contributed by atoms with Crippen LogP contribution >= 0.6 is 15.2 Å². The summed E-state index contributed by atoms with van der Waals surface area (Å²) in [5.74, 6) is -5.56. The first-order valence-electron chi connectivity index (χ1n) is 12.0. The van der Waals surface area contributed by atoms with E-state index in [1.807, 2.05) is 0 Å². The van der Waals surface area contributed by atoms with Crippen LogP contribution in [0.1, 0.15) is 42.1 Å². The quantitative estimate of drug-likeness (QED) is 0.233. The van der Waals surface area contributed by atoms with Crippen molar-refractivity contribution in [2.45, 2.75) is 37.3 Å². The summed E-state index contributed by atoms with van der Waals surface area (Å²) in [5, 5.41) is 10.4. The normalized spacial score (nSPS) is 17.6. The van der Waals surface area contributed by atoms with Gasteiger partial charge in [-0.3, -0.25) is 13.9 Å². The first-order valence-corrected chi connectivity index (χ1v) is 15.3. The third-order valence-electron chi connectivity index (χ3n) is 6.54. The number of halogens is 3. The molecule has 6 N–H and O–H groups in total. The van der Waals surface area contributed by atoms with E-state index in [1.165, 1.54) is 15.5 Å². The summed E-state index contributed by atoms with van der Waals surface area (Å²) in [4.78, 5) is 73.4. The van der Waals surface area contributed by atoms with Crippen molar-refractivity contribution < 1.29 is 61.3 Å². The van der Waals surface area contributed by atoms with Crippen molar-refractivity contribution in [3.63, 3.8) is 0 Å². The molecule has 2 heterocycles. The lowest BCUT2D eigenvalue weighted by Gasteiger charge is -2.32. The highest BCUT2D eigenvalue weighted by molar-refractivity contribution is 7.70. The van der Waals surface area contributed by atoms with Gasteiger partial charge < -0.3 is 44.2 Å². The number of amides is 1. The molecular formula is C22H24F3N3O11P2.